The van der Waals surface area contributed by atoms with Gasteiger partial charge < -0.3 is 5.32 Å². The van der Waals surface area contributed by atoms with E-state index in [1.165, 1.54) is 0 Å². The highest BCUT2D eigenvalue weighted by atomic mass is 35.5. The van der Waals surface area contributed by atoms with Gasteiger partial charge in [0.1, 0.15) is 0 Å². The zero-order valence-electron chi connectivity index (χ0n) is 12.8. The first-order valence-corrected chi connectivity index (χ1v) is 8.11. The number of amides is 2. The Labute approximate surface area is 145 Å². The molecule has 24 heavy (non-hydrogen) atoms. The molecular formula is C20H15ClN2O. The molecule has 1 atom stereocenters. The van der Waals surface area contributed by atoms with Crippen molar-refractivity contribution in [1.29, 1.82) is 0 Å². The summed E-state index contributed by atoms with van der Waals surface area (Å²) < 4.78 is 0. The Morgan fingerprint density at radius 1 is 0.875 bits per heavy atom. The predicted octanol–water partition coefficient (Wildman–Crippen LogP) is 5.48. The molecule has 3 nitrogen and oxygen atoms in total. The van der Waals surface area contributed by atoms with Gasteiger partial charge in [-0.1, -0.05) is 60.1 Å². The number of halogens is 1. The van der Waals surface area contributed by atoms with Gasteiger partial charge in [0.25, 0.3) is 0 Å². The van der Waals surface area contributed by atoms with Crippen LogP contribution in [0.2, 0.25) is 5.02 Å². The summed E-state index contributed by atoms with van der Waals surface area (Å²) in [5, 5.41) is 3.62. The van der Waals surface area contributed by atoms with Crippen molar-refractivity contribution in [2.75, 3.05) is 10.2 Å². The van der Waals surface area contributed by atoms with Crippen molar-refractivity contribution in [3.63, 3.8) is 0 Å². The van der Waals surface area contributed by atoms with Gasteiger partial charge in [-0.2, -0.15) is 0 Å². The number of nitrogens with one attached hydrogen (secondary N) is 1. The first kappa shape index (κ1) is 14.8. The molecule has 0 saturated heterocycles. The quantitative estimate of drug-likeness (QED) is 0.661. The van der Waals surface area contributed by atoms with E-state index in [0.717, 1.165) is 22.5 Å². The number of benzene rings is 3. The minimum Gasteiger partial charge on any atom is -0.307 e. The van der Waals surface area contributed by atoms with Gasteiger partial charge in [0.15, 0.2) is 0 Å². The van der Waals surface area contributed by atoms with E-state index in [1.807, 2.05) is 72.8 Å². The van der Waals surface area contributed by atoms with Gasteiger partial charge in [0.2, 0.25) is 0 Å². The summed E-state index contributed by atoms with van der Waals surface area (Å²) in [6.45, 7) is 0. The third kappa shape index (κ3) is 2.53. The van der Waals surface area contributed by atoms with Gasteiger partial charge >= 0.3 is 6.03 Å². The van der Waals surface area contributed by atoms with E-state index < -0.39 is 0 Å². The summed E-state index contributed by atoms with van der Waals surface area (Å²) in [7, 11) is 0. The predicted molar refractivity (Wildman–Crippen MR) is 97.7 cm³/mol. The van der Waals surface area contributed by atoms with Crippen molar-refractivity contribution < 1.29 is 4.79 Å². The molecule has 2 amide bonds. The smallest absolute Gasteiger partial charge is 0.307 e. The third-order valence-electron chi connectivity index (χ3n) is 4.18. The average Bonchev–Trinajstić information content (AvgIpc) is 2.62. The standard InChI is InChI=1S/C20H15ClN2O/c21-15-11-12-18-17(13-15)19(14-7-3-1-4-8-14)23(20(24)22-18)16-9-5-2-6-10-16/h1-13,19H,(H,22,24). The molecule has 3 aromatic rings. The van der Waals surface area contributed by atoms with Crippen molar-refractivity contribution in [1.82, 2.24) is 0 Å². The molecule has 0 bridgehead atoms. The van der Waals surface area contributed by atoms with Crippen molar-refractivity contribution in [3.8, 4) is 0 Å². The Hall–Kier alpha value is -2.78. The summed E-state index contributed by atoms with van der Waals surface area (Å²) in [4.78, 5) is 14.6. The zero-order chi connectivity index (χ0) is 16.5. The largest absolute Gasteiger partial charge is 0.327 e. The molecule has 3 aromatic carbocycles. The number of rotatable bonds is 2. The normalized spacial score (nSPS) is 16.5. The molecule has 118 valence electrons. The van der Waals surface area contributed by atoms with Crippen LogP contribution in [-0.2, 0) is 0 Å². The number of carbonyl (C=O) groups is 1. The average molecular weight is 335 g/mol. The molecule has 0 radical (unpaired) electrons. The molecule has 1 unspecified atom stereocenters. The van der Waals surface area contributed by atoms with Crippen LogP contribution in [0.15, 0.2) is 78.9 Å². The minimum absolute atomic E-state index is 0.148. The van der Waals surface area contributed by atoms with Gasteiger partial charge in [-0.15, -0.1) is 0 Å². The highest BCUT2D eigenvalue weighted by Gasteiger charge is 2.34. The van der Waals surface area contributed by atoms with E-state index in [9.17, 15) is 4.79 Å². The summed E-state index contributed by atoms with van der Waals surface area (Å²) in [5.41, 5.74) is 3.66. The molecule has 1 heterocycles. The van der Waals surface area contributed by atoms with Crippen molar-refractivity contribution in [2.24, 2.45) is 0 Å². The lowest BCUT2D eigenvalue weighted by atomic mass is 9.93. The fraction of sp³-hybridized carbons (Fsp3) is 0.0500. The molecule has 4 heteroatoms. The van der Waals surface area contributed by atoms with Gasteiger partial charge in [0, 0.05) is 22.0 Å². The van der Waals surface area contributed by atoms with Crippen LogP contribution in [0.1, 0.15) is 17.2 Å². The number of urea groups is 1. The molecule has 0 spiro atoms. The molecule has 1 aliphatic heterocycles. The fourth-order valence-corrected chi connectivity index (χ4v) is 3.30. The van der Waals surface area contributed by atoms with E-state index >= 15 is 0 Å². The second-order valence-corrected chi connectivity index (χ2v) is 6.12. The van der Waals surface area contributed by atoms with E-state index in [0.29, 0.717) is 5.02 Å². The van der Waals surface area contributed by atoms with Crippen molar-refractivity contribution >= 4 is 29.0 Å². The van der Waals surface area contributed by atoms with E-state index in [-0.39, 0.29) is 12.1 Å². The number of nitrogens with zero attached hydrogens (tertiary/aromatic N) is 1. The van der Waals surface area contributed by atoms with Crippen molar-refractivity contribution in [2.45, 2.75) is 6.04 Å². The van der Waals surface area contributed by atoms with E-state index in [4.69, 9.17) is 11.6 Å². The monoisotopic (exact) mass is 334 g/mol. The Morgan fingerprint density at radius 2 is 1.54 bits per heavy atom. The van der Waals surface area contributed by atoms with Crippen LogP contribution < -0.4 is 10.2 Å². The molecule has 0 fully saturated rings. The van der Waals surface area contributed by atoms with Crippen LogP contribution in [-0.4, -0.2) is 6.03 Å². The molecule has 1 N–H and O–H groups in total. The Bertz CT molecular complexity index is 881. The van der Waals surface area contributed by atoms with Gasteiger partial charge in [-0.3, -0.25) is 4.90 Å². The van der Waals surface area contributed by atoms with Crippen LogP contribution in [0.5, 0.6) is 0 Å². The lowest BCUT2D eigenvalue weighted by Crippen LogP contribution is -2.43. The molecule has 0 aliphatic carbocycles. The SMILES string of the molecule is O=C1Nc2ccc(Cl)cc2C(c2ccccc2)N1c1ccccc1. The number of anilines is 2. The van der Waals surface area contributed by atoms with E-state index in [1.54, 1.807) is 11.0 Å². The second kappa shape index (κ2) is 6.02. The summed E-state index contributed by atoms with van der Waals surface area (Å²) in [5.74, 6) is 0. The minimum atomic E-state index is -0.226. The van der Waals surface area contributed by atoms with Crippen LogP contribution in [0.3, 0.4) is 0 Å². The Kier molecular flexibility index (Phi) is 3.71. The Balaban J connectivity index is 1.94. The van der Waals surface area contributed by atoms with Crippen LogP contribution in [0, 0.1) is 0 Å². The number of hydrogen-bond donors (Lipinski definition) is 1. The van der Waals surface area contributed by atoms with Crippen LogP contribution in [0.4, 0.5) is 16.2 Å². The number of carbonyl (C=O) groups excluding carboxylic acids is 1. The number of para-hydroxylation sites is 1. The highest BCUT2D eigenvalue weighted by molar-refractivity contribution is 6.30. The lowest BCUT2D eigenvalue weighted by molar-refractivity contribution is 0.255. The Morgan fingerprint density at radius 3 is 2.25 bits per heavy atom. The summed E-state index contributed by atoms with van der Waals surface area (Å²) in [6.07, 6.45) is 0. The zero-order valence-corrected chi connectivity index (χ0v) is 13.6. The van der Waals surface area contributed by atoms with Gasteiger partial charge in [0.05, 0.1) is 6.04 Å². The maximum absolute atomic E-state index is 12.8. The molecule has 4 rings (SSSR count). The summed E-state index contributed by atoms with van der Waals surface area (Å²) in [6, 6.07) is 24.9. The number of hydrogen-bond acceptors (Lipinski definition) is 1. The number of fused-ring (bicyclic) bond motifs is 1. The molecule has 0 aromatic heterocycles. The molecule has 0 saturated carbocycles. The highest BCUT2D eigenvalue weighted by Crippen LogP contribution is 2.41. The topological polar surface area (TPSA) is 32.3 Å². The van der Waals surface area contributed by atoms with E-state index in [2.05, 4.69) is 5.32 Å². The van der Waals surface area contributed by atoms with Crippen LogP contribution >= 0.6 is 11.6 Å². The molecular weight excluding hydrogens is 320 g/mol. The first-order chi connectivity index (χ1) is 11.7. The maximum atomic E-state index is 12.8. The van der Waals surface area contributed by atoms with Gasteiger partial charge in [-0.05, 0) is 35.9 Å². The lowest BCUT2D eigenvalue weighted by Gasteiger charge is -2.37. The molecule has 1 aliphatic rings. The first-order valence-electron chi connectivity index (χ1n) is 7.74. The fourth-order valence-electron chi connectivity index (χ4n) is 3.12. The third-order valence-corrected chi connectivity index (χ3v) is 4.41. The van der Waals surface area contributed by atoms with Gasteiger partial charge in [-0.25, -0.2) is 4.79 Å². The maximum Gasteiger partial charge on any atom is 0.327 e. The second-order valence-electron chi connectivity index (χ2n) is 5.68. The summed E-state index contributed by atoms with van der Waals surface area (Å²) >= 11 is 6.23. The van der Waals surface area contributed by atoms with Crippen molar-refractivity contribution in [3.05, 3.63) is 95.0 Å². The van der Waals surface area contributed by atoms with Crippen LogP contribution in [0.25, 0.3) is 0 Å².